The molecular weight excluding hydrogens is 313 g/mol. The zero-order chi connectivity index (χ0) is 5.86. The first-order valence-corrected chi connectivity index (χ1v) is 2.84. The van der Waals surface area contributed by atoms with E-state index in [0.29, 0.717) is 5.92 Å². The first-order chi connectivity index (χ1) is 3.13. The molecule has 0 rings (SSSR count). The second-order valence-corrected chi connectivity index (χ2v) is 2.53. The summed E-state index contributed by atoms with van der Waals surface area (Å²) in [4.78, 5) is 0. The second kappa shape index (κ2) is 6.52. The van der Waals surface area contributed by atoms with Crippen molar-refractivity contribution in [3.05, 3.63) is 5.73 Å². The third-order valence-electron chi connectivity index (χ3n) is 0.825. The molecule has 1 radical (unpaired) electrons. The van der Waals surface area contributed by atoms with Gasteiger partial charge in [0.15, 0.2) is 0 Å². The van der Waals surface area contributed by atoms with Crippen molar-refractivity contribution in [2.75, 3.05) is 0 Å². The van der Waals surface area contributed by atoms with E-state index < -0.39 is 0 Å². The molecule has 0 heterocycles. The molecule has 2 heteroatoms. The normalized spacial score (nSPS) is 13.1. The van der Waals surface area contributed by atoms with Crippen molar-refractivity contribution in [2.24, 2.45) is 5.92 Å². The summed E-state index contributed by atoms with van der Waals surface area (Å²) in [6.07, 6.45) is 1.03. The molecule has 0 aliphatic carbocycles. The fourth-order valence-electron chi connectivity index (χ4n) is 0.707. The molecule has 1 nitrogen and oxygen atoms in total. The molecule has 1 atom stereocenters. The van der Waals surface area contributed by atoms with Crippen molar-refractivity contribution in [3.8, 4) is 0 Å². The zero-order valence-corrected chi connectivity index (χ0v) is 10.7. The average molecular weight is 327 g/mol. The van der Waals surface area contributed by atoms with Crippen LogP contribution in [0.15, 0.2) is 0 Å². The molecule has 0 aliphatic rings. The third-order valence-corrected chi connectivity index (χ3v) is 0.825. The van der Waals surface area contributed by atoms with Gasteiger partial charge in [-0.1, -0.05) is 27.2 Å². The maximum absolute atomic E-state index is 7.11. The molecule has 0 aromatic carbocycles. The van der Waals surface area contributed by atoms with Gasteiger partial charge in [-0.2, -0.15) is 0 Å². The molecule has 0 aromatic heterocycles. The van der Waals surface area contributed by atoms with E-state index in [1.54, 1.807) is 0 Å². The molecular formula is C6H14AcN-. The summed E-state index contributed by atoms with van der Waals surface area (Å²) in [7, 11) is 0. The molecule has 0 bridgehead atoms. The van der Waals surface area contributed by atoms with Gasteiger partial charge < -0.3 is 5.73 Å². The van der Waals surface area contributed by atoms with Gasteiger partial charge >= 0.3 is 0 Å². The molecule has 0 aliphatic heterocycles. The van der Waals surface area contributed by atoms with E-state index in [2.05, 4.69) is 13.8 Å². The summed E-state index contributed by atoms with van der Waals surface area (Å²) in [5, 5.41) is 0. The van der Waals surface area contributed by atoms with Crippen LogP contribution < -0.4 is 0 Å². The van der Waals surface area contributed by atoms with Crippen LogP contribution in [0.3, 0.4) is 0 Å². The van der Waals surface area contributed by atoms with Gasteiger partial charge in [0.2, 0.25) is 0 Å². The molecule has 0 spiro atoms. The maximum Gasteiger partial charge on any atom is 0 e. The molecule has 0 saturated heterocycles. The number of hydrogen-bond acceptors (Lipinski definition) is 0. The summed E-state index contributed by atoms with van der Waals surface area (Å²) in [5.41, 5.74) is 7.11. The van der Waals surface area contributed by atoms with Crippen LogP contribution in [-0.4, -0.2) is 6.04 Å². The Morgan fingerprint density at radius 1 is 1.25 bits per heavy atom. The Labute approximate surface area is 88.0 Å². The molecule has 0 fully saturated rings. The van der Waals surface area contributed by atoms with E-state index in [-0.39, 0.29) is 50.1 Å². The Balaban J connectivity index is 0. The number of rotatable bonds is 2. The predicted octanol–water partition coefficient (Wildman–Crippen LogP) is 2.47. The van der Waals surface area contributed by atoms with Crippen molar-refractivity contribution in [1.29, 1.82) is 0 Å². The number of nitrogens with one attached hydrogen (secondary N) is 1. The van der Waals surface area contributed by atoms with Crippen molar-refractivity contribution in [3.63, 3.8) is 0 Å². The topological polar surface area (TPSA) is 23.8 Å². The Hall–Kier alpha value is 1.40. The fourth-order valence-corrected chi connectivity index (χ4v) is 0.707. The zero-order valence-electron chi connectivity index (χ0n) is 5.94. The smallest absolute Gasteiger partial charge is 0 e. The second-order valence-electron chi connectivity index (χ2n) is 2.53. The summed E-state index contributed by atoms with van der Waals surface area (Å²) in [6.45, 7) is 6.22. The first kappa shape index (κ1) is 12.1. The van der Waals surface area contributed by atoms with Crippen molar-refractivity contribution in [2.45, 2.75) is 33.2 Å². The summed E-state index contributed by atoms with van der Waals surface area (Å²) in [5.74, 6) is 0.687. The largest absolute Gasteiger partial charge is 0.675 e. The standard InChI is InChI=1S/C6H14N.Ac/c1-5(2)4-6(3)7;/h5-7H,4H2,1-3H3;/q-1;/t6-;/m0./s1. The van der Waals surface area contributed by atoms with Crippen LogP contribution >= 0.6 is 0 Å². The van der Waals surface area contributed by atoms with Crippen LogP contribution in [0, 0.1) is 50.0 Å². The minimum atomic E-state index is 0. The molecule has 0 aromatic rings. The van der Waals surface area contributed by atoms with Gasteiger partial charge in [0.1, 0.15) is 0 Å². The Bertz CT molecular complexity index is 37.8. The third kappa shape index (κ3) is 10.4. The molecule has 1 N–H and O–H groups in total. The molecule has 0 unspecified atom stereocenters. The predicted molar refractivity (Wildman–Crippen MR) is 33.2 cm³/mol. The summed E-state index contributed by atoms with van der Waals surface area (Å²) < 4.78 is 0. The average Bonchev–Trinajstić information content (AvgIpc) is 1.27. The fraction of sp³-hybridized carbons (Fsp3) is 1.00. The van der Waals surface area contributed by atoms with Crippen LogP contribution in [0.1, 0.15) is 27.2 Å². The van der Waals surface area contributed by atoms with Crippen LogP contribution in [0.2, 0.25) is 0 Å². The van der Waals surface area contributed by atoms with Crippen LogP contribution in [-0.2, 0) is 0 Å². The molecule has 0 saturated carbocycles. The molecule has 47 valence electrons. The van der Waals surface area contributed by atoms with Gasteiger partial charge in [0, 0.05) is 44.1 Å². The van der Waals surface area contributed by atoms with Gasteiger partial charge in [-0.05, 0) is 5.92 Å². The van der Waals surface area contributed by atoms with Crippen molar-refractivity contribution >= 4 is 0 Å². The molecule has 8 heavy (non-hydrogen) atoms. The first-order valence-electron chi connectivity index (χ1n) is 2.84. The molecule has 0 amide bonds. The van der Waals surface area contributed by atoms with Crippen LogP contribution in [0.4, 0.5) is 0 Å². The van der Waals surface area contributed by atoms with Gasteiger partial charge in [-0.15, -0.1) is 6.04 Å². The van der Waals surface area contributed by atoms with Crippen LogP contribution in [0.5, 0.6) is 0 Å². The van der Waals surface area contributed by atoms with E-state index in [1.807, 2.05) is 6.92 Å². The number of hydrogen-bond donors (Lipinski definition) is 0. The van der Waals surface area contributed by atoms with Gasteiger partial charge in [0.05, 0.1) is 0 Å². The summed E-state index contributed by atoms with van der Waals surface area (Å²) >= 11 is 0. The SMILES string of the molecule is CC(C)C[C@H](C)[NH-].[Ac]. The Kier molecular flexibility index (Phi) is 9.87. The maximum atomic E-state index is 7.11. The minimum Gasteiger partial charge on any atom is -0.675 e. The van der Waals surface area contributed by atoms with Crippen LogP contribution in [0.25, 0.3) is 5.73 Å². The summed E-state index contributed by atoms with van der Waals surface area (Å²) in [6, 6.07) is 0.125. The van der Waals surface area contributed by atoms with E-state index in [0.717, 1.165) is 6.42 Å². The van der Waals surface area contributed by atoms with Crippen molar-refractivity contribution < 1.29 is 44.1 Å². The van der Waals surface area contributed by atoms with Gasteiger partial charge in [-0.3, -0.25) is 0 Å². The van der Waals surface area contributed by atoms with Gasteiger partial charge in [0.25, 0.3) is 0 Å². The van der Waals surface area contributed by atoms with E-state index in [4.69, 9.17) is 5.73 Å². The van der Waals surface area contributed by atoms with E-state index in [1.165, 1.54) is 0 Å². The van der Waals surface area contributed by atoms with Gasteiger partial charge in [-0.25, -0.2) is 0 Å². The Morgan fingerprint density at radius 2 is 1.62 bits per heavy atom. The minimum absolute atomic E-state index is 0. The quantitative estimate of drug-likeness (QED) is 0.744. The van der Waals surface area contributed by atoms with E-state index in [9.17, 15) is 0 Å². The van der Waals surface area contributed by atoms with Crippen molar-refractivity contribution in [1.82, 2.24) is 0 Å². The van der Waals surface area contributed by atoms with E-state index >= 15 is 0 Å². The Morgan fingerprint density at radius 3 is 1.62 bits per heavy atom. The monoisotopic (exact) mass is 327 g/mol.